The van der Waals surface area contributed by atoms with Crippen molar-refractivity contribution in [1.29, 1.82) is 0 Å². The first-order valence-corrected chi connectivity index (χ1v) is 5.78. The van der Waals surface area contributed by atoms with E-state index in [1.165, 1.54) is 6.33 Å². The SMILES string of the molecule is c1ccc2c(-c3nc4ncncc4[nH]3)nncc2c1. The maximum atomic E-state index is 4.42. The highest BCUT2D eigenvalue weighted by molar-refractivity contribution is 5.93. The zero-order chi connectivity index (χ0) is 12.7. The molecule has 3 aromatic heterocycles. The van der Waals surface area contributed by atoms with Gasteiger partial charge in [0.15, 0.2) is 11.5 Å². The van der Waals surface area contributed by atoms with Crippen molar-refractivity contribution in [3.05, 3.63) is 43.0 Å². The molecule has 0 saturated heterocycles. The van der Waals surface area contributed by atoms with E-state index in [9.17, 15) is 0 Å². The lowest BCUT2D eigenvalue weighted by Crippen LogP contribution is -1.90. The van der Waals surface area contributed by atoms with E-state index in [4.69, 9.17) is 0 Å². The summed E-state index contributed by atoms with van der Waals surface area (Å²) in [6.45, 7) is 0. The van der Waals surface area contributed by atoms with E-state index in [0.717, 1.165) is 22.0 Å². The van der Waals surface area contributed by atoms with E-state index in [1.54, 1.807) is 12.4 Å². The number of benzene rings is 1. The van der Waals surface area contributed by atoms with Crippen LogP contribution in [0.1, 0.15) is 0 Å². The highest BCUT2D eigenvalue weighted by atomic mass is 15.1. The van der Waals surface area contributed by atoms with Crippen LogP contribution in [0.25, 0.3) is 33.5 Å². The van der Waals surface area contributed by atoms with Gasteiger partial charge in [0.2, 0.25) is 0 Å². The average molecular weight is 248 g/mol. The van der Waals surface area contributed by atoms with Crippen LogP contribution >= 0.6 is 0 Å². The van der Waals surface area contributed by atoms with Crippen molar-refractivity contribution in [2.24, 2.45) is 0 Å². The van der Waals surface area contributed by atoms with E-state index in [2.05, 4.69) is 30.1 Å². The Morgan fingerprint density at radius 2 is 2.00 bits per heavy atom. The first-order valence-electron chi connectivity index (χ1n) is 5.78. The number of nitrogens with zero attached hydrogens (tertiary/aromatic N) is 5. The Balaban J connectivity index is 2.03. The molecule has 0 saturated carbocycles. The molecule has 0 aliphatic rings. The molecule has 0 unspecified atom stereocenters. The molecule has 19 heavy (non-hydrogen) atoms. The number of aromatic nitrogens is 6. The Hall–Kier alpha value is -2.89. The fourth-order valence-corrected chi connectivity index (χ4v) is 2.08. The van der Waals surface area contributed by atoms with Crippen molar-refractivity contribution in [2.45, 2.75) is 0 Å². The molecule has 1 aromatic carbocycles. The number of hydrogen-bond acceptors (Lipinski definition) is 5. The highest BCUT2D eigenvalue weighted by Crippen LogP contribution is 2.24. The zero-order valence-corrected chi connectivity index (χ0v) is 9.78. The molecule has 0 radical (unpaired) electrons. The van der Waals surface area contributed by atoms with Gasteiger partial charge in [0, 0.05) is 10.8 Å². The summed E-state index contributed by atoms with van der Waals surface area (Å²) in [6, 6.07) is 7.93. The molecule has 0 atom stereocenters. The summed E-state index contributed by atoms with van der Waals surface area (Å²) in [5, 5.41) is 10.2. The zero-order valence-electron chi connectivity index (χ0n) is 9.78. The number of imidazole rings is 1. The molecule has 0 spiro atoms. The topological polar surface area (TPSA) is 80.2 Å². The summed E-state index contributed by atoms with van der Waals surface area (Å²) in [7, 11) is 0. The molecule has 3 heterocycles. The maximum Gasteiger partial charge on any atom is 0.181 e. The van der Waals surface area contributed by atoms with Crippen molar-refractivity contribution >= 4 is 21.9 Å². The third kappa shape index (κ3) is 1.54. The van der Waals surface area contributed by atoms with Gasteiger partial charge < -0.3 is 4.98 Å². The third-order valence-corrected chi connectivity index (χ3v) is 2.96. The minimum atomic E-state index is 0.625. The Labute approximate surface area is 107 Å². The summed E-state index contributed by atoms with van der Waals surface area (Å²) < 4.78 is 0. The van der Waals surface area contributed by atoms with Crippen LogP contribution in [0.3, 0.4) is 0 Å². The Kier molecular flexibility index (Phi) is 2.02. The normalized spacial score (nSPS) is 11.2. The van der Waals surface area contributed by atoms with E-state index < -0.39 is 0 Å². The molecule has 1 N–H and O–H groups in total. The predicted octanol–water partition coefficient (Wildman–Crippen LogP) is 1.96. The number of rotatable bonds is 1. The summed E-state index contributed by atoms with van der Waals surface area (Å²) >= 11 is 0. The minimum absolute atomic E-state index is 0.625. The second-order valence-corrected chi connectivity index (χ2v) is 4.13. The van der Waals surface area contributed by atoms with Crippen LogP contribution in [-0.4, -0.2) is 30.1 Å². The summed E-state index contributed by atoms with van der Waals surface area (Å²) in [5.41, 5.74) is 2.13. The van der Waals surface area contributed by atoms with Crippen molar-refractivity contribution < 1.29 is 0 Å². The molecule has 6 heteroatoms. The van der Waals surface area contributed by atoms with Gasteiger partial charge in [0.05, 0.1) is 12.4 Å². The lowest BCUT2D eigenvalue weighted by atomic mass is 10.1. The van der Waals surface area contributed by atoms with Crippen molar-refractivity contribution in [3.63, 3.8) is 0 Å². The van der Waals surface area contributed by atoms with Gasteiger partial charge in [0.1, 0.15) is 17.5 Å². The van der Waals surface area contributed by atoms with Gasteiger partial charge in [-0.2, -0.15) is 5.10 Å². The van der Waals surface area contributed by atoms with Gasteiger partial charge in [-0.15, -0.1) is 5.10 Å². The summed E-state index contributed by atoms with van der Waals surface area (Å²) in [6.07, 6.45) is 4.90. The van der Waals surface area contributed by atoms with E-state index in [0.29, 0.717) is 11.5 Å². The molecule has 0 aliphatic heterocycles. The van der Waals surface area contributed by atoms with Crippen molar-refractivity contribution in [1.82, 2.24) is 30.1 Å². The lowest BCUT2D eigenvalue weighted by Gasteiger charge is -2.00. The van der Waals surface area contributed by atoms with Crippen LogP contribution in [0.2, 0.25) is 0 Å². The number of fused-ring (bicyclic) bond motifs is 2. The van der Waals surface area contributed by atoms with Crippen LogP contribution in [-0.2, 0) is 0 Å². The third-order valence-electron chi connectivity index (χ3n) is 2.96. The second-order valence-electron chi connectivity index (χ2n) is 4.13. The van der Waals surface area contributed by atoms with Gasteiger partial charge in [-0.3, -0.25) is 0 Å². The van der Waals surface area contributed by atoms with Crippen LogP contribution in [0.5, 0.6) is 0 Å². The average Bonchev–Trinajstić information content (AvgIpc) is 2.90. The molecule has 0 fully saturated rings. The fraction of sp³-hybridized carbons (Fsp3) is 0. The molecule has 6 nitrogen and oxygen atoms in total. The van der Waals surface area contributed by atoms with Gasteiger partial charge in [-0.1, -0.05) is 24.3 Å². The molecule has 0 amide bonds. The fourth-order valence-electron chi connectivity index (χ4n) is 2.08. The number of nitrogens with one attached hydrogen (secondary N) is 1. The Morgan fingerprint density at radius 1 is 1.05 bits per heavy atom. The first-order chi connectivity index (χ1) is 9.42. The standard InChI is InChI=1S/C13H8N6/c1-2-4-9-8(3-1)5-16-19-11(9)13-17-10-6-14-7-15-12(10)18-13/h1-7H,(H,14,15,17,18). The maximum absolute atomic E-state index is 4.42. The van der Waals surface area contributed by atoms with Gasteiger partial charge in [0.25, 0.3) is 0 Å². The summed E-state index contributed by atoms with van der Waals surface area (Å²) in [5.74, 6) is 0.653. The molecule has 90 valence electrons. The highest BCUT2D eigenvalue weighted by Gasteiger charge is 2.11. The van der Waals surface area contributed by atoms with E-state index in [-0.39, 0.29) is 0 Å². The number of H-pyrrole nitrogens is 1. The quantitative estimate of drug-likeness (QED) is 0.557. The molecule has 0 bridgehead atoms. The minimum Gasteiger partial charge on any atom is -0.334 e. The predicted molar refractivity (Wildman–Crippen MR) is 70.2 cm³/mol. The lowest BCUT2D eigenvalue weighted by molar-refractivity contribution is 1.04. The largest absolute Gasteiger partial charge is 0.334 e. The van der Waals surface area contributed by atoms with Gasteiger partial charge in [-0.25, -0.2) is 15.0 Å². The van der Waals surface area contributed by atoms with Crippen LogP contribution in [0.15, 0.2) is 43.0 Å². The molecule has 0 aliphatic carbocycles. The van der Waals surface area contributed by atoms with Crippen molar-refractivity contribution in [2.75, 3.05) is 0 Å². The van der Waals surface area contributed by atoms with E-state index >= 15 is 0 Å². The van der Waals surface area contributed by atoms with Gasteiger partial charge >= 0.3 is 0 Å². The molecular formula is C13H8N6. The van der Waals surface area contributed by atoms with Crippen LogP contribution in [0.4, 0.5) is 0 Å². The number of aromatic amines is 1. The summed E-state index contributed by atoms with van der Waals surface area (Å²) in [4.78, 5) is 15.7. The van der Waals surface area contributed by atoms with Crippen molar-refractivity contribution in [3.8, 4) is 11.5 Å². The monoisotopic (exact) mass is 248 g/mol. The van der Waals surface area contributed by atoms with Gasteiger partial charge in [-0.05, 0) is 0 Å². The van der Waals surface area contributed by atoms with Crippen LogP contribution in [0, 0.1) is 0 Å². The smallest absolute Gasteiger partial charge is 0.181 e. The Morgan fingerprint density at radius 3 is 2.95 bits per heavy atom. The van der Waals surface area contributed by atoms with E-state index in [1.807, 2.05) is 24.3 Å². The second kappa shape index (κ2) is 3.81. The first kappa shape index (κ1) is 10.1. The molecule has 4 aromatic rings. The number of hydrogen-bond donors (Lipinski definition) is 1. The molecule has 4 rings (SSSR count). The van der Waals surface area contributed by atoms with Crippen LogP contribution < -0.4 is 0 Å². The molecular weight excluding hydrogens is 240 g/mol. The Bertz CT molecular complexity index is 844.